The second kappa shape index (κ2) is 5.41. The Hall–Kier alpha value is -1.94. The number of aromatic nitrogens is 2. The minimum atomic E-state index is 0.574. The predicted molar refractivity (Wildman–Crippen MR) is 68.5 cm³/mol. The highest BCUT2D eigenvalue weighted by atomic mass is 15.2. The zero-order chi connectivity index (χ0) is 12.1. The van der Waals surface area contributed by atoms with Crippen LogP contribution in [0.1, 0.15) is 11.1 Å². The average Bonchev–Trinajstić information content (AvgIpc) is 2.40. The van der Waals surface area contributed by atoms with Gasteiger partial charge < -0.3 is 10.6 Å². The Labute approximate surface area is 101 Å². The second-order valence-electron chi connectivity index (χ2n) is 3.95. The lowest BCUT2D eigenvalue weighted by atomic mass is 10.1. The summed E-state index contributed by atoms with van der Waals surface area (Å²) >= 11 is 0. The highest BCUT2D eigenvalue weighted by molar-refractivity contribution is 5.37. The summed E-state index contributed by atoms with van der Waals surface area (Å²) in [5.74, 6) is 0.915. The van der Waals surface area contributed by atoms with Gasteiger partial charge in [0.2, 0.25) is 0 Å². The summed E-state index contributed by atoms with van der Waals surface area (Å²) in [6, 6.07) is 10.2. The number of hydrogen-bond acceptors (Lipinski definition) is 4. The van der Waals surface area contributed by atoms with E-state index in [1.54, 1.807) is 12.5 Å². The maximum atomic E-state index is 5.63. The Bertz CT molecular complexity index is 470. The molecule has 0 bridgehead atoms. The average molecular weight is 228 g/mol. The van der Waals surface area contributed by atoms with Crippen LogP contribution in [-0.2, 0) is 13.1 Å². The molecule has 2 rings (SSSR count). The van der Waals surface area contributed by atoms with E-state index in [4.69, 9.17) is 5.73 Å². The van der Waals surface area contributed by atoms with Crippen molar-refractivity contribution in [1.29, 1.82) is 0 Å². The Morgan fingerprint density at radius 1 is 1.24 bits per heavy atom. The molecule has 0 fully saturated rings. The molecule has 0 saturated heterocycles. The van der Waals surface area contributed by atoms with Crippen LogP contribution >= 0.6 is 0 Å². The first kappa shape index (κ1) is 11.5. The van der Waals surface area contributed by atoms with Crippen LogP contribution in [0.15, 0.2) is 42.9 Å². The van der Waals surface area contributed by atoms with Crippen molar-refractivity contribution in [3.05, 3.63) is 54.0 Å². The van der Waals surface area contributed by atoms with Gasteiger partial charge in [0.1, 0.15) is 12.1 Å². The van der Waals surface area contributed by atoms with Gasteiger partial charge in [-0.25, -0.2) is 9.97 Å². The van der Waals surface area contributed by atoms with E-state index in [9.17, 15) is 0 Å². The standard InChI is InChI=1S/C13H16N4/c1-17(13-5-6-15-10-16-13)9-12-4-2-3-11(7-12)8-14/h2-7,10H,8-9,14H2,1H3. The van der Waals surface area contributed by atoms with Crippen molar-refractivity contribution in [2.75, 3.05) is 11.9 Å². The molecule has 17 heavy (non-hydrogen) atoms. The third-order valence-corrected chi connectivity index (χ3v) is 2.60. The largest absolute Gasteiger partial charge is 0.355 e. The molecule has 0 aliphatic rings. The van der Waals surface area contributed by atoms with Gasteiger partial charge in [-0.1, -0.05) is 24.3 Å². The van der Waals surface area contributed by atoms with Crippen molar-refractivity contribution in [3.8, 4) is 0 Å². The fraction of sp³-hybridized carbons (Fsp3) is 0.231. The maximum Gasteiger partial charge on any atom is 0.131 e. The van der Waals surface area contributed by atoms with E-state index in [1.807, 2.05) is 25.2 Å². The van der Waals surface area contributed by atoms with Crippen molar-refractivity contribution < 1.29 is 0 Å². The van der Waals surface area contributed by atoms with Crippen molar-refractivity contribution >= 4 is 5.82 Å². The van der Waals surface area contributed by atoms with E-state index in [0.29, 0.717) is 6.54 Å². The second-order valence-corrected chi connectivity index (χ2v) is 3.95. The van der Waals surface area contributed by atoms with Crippen molar-refractivity contribution in [3.63, 3.8) is 0 Å². The van der Waals surface area contributed by atoms with Crippen LogP contribution in [0.2, 0.25) is 0 Å². The van der Waals surface area contributed by atoms with Crippen molar-refractivity contribution in [1.82, 2.24) is 9.97 Å². The molecule has 0 atom stereocenters. The number of benzene rings is 1. The van der Waals surface area contributed by atoms with Gasteiger partial charge in [-0.15, -0.1) is 0 Å². The first-order chi connectivity index (χ1) is 8.29. The molecule has 0 aliphatic heterocycles. The third-order valence-electron chi connectivity index (χ3n) is 2.60. The summed E-state index contributed by atoms with van der Waals surface area (Å²) in [7, 11) is 2.01. The van der Waals surface area contributed by atoms with E-state index < -0.39 is 0 Å². The van der Waals surface area contributed by atoms with E-state index in [2.05, 4.69) is 27.0 Å². The normalized spacial score (nSPS) is 10.2. The molecule has 0 aliphatic carbocycles. The summed E-state index contributed by atoms with van der Waals surface area (Å²) in [5, 5.41) is 0. The van der Waals surface area contributed by atoms with Crippen LogP contribution in [0.5, 0.6) is 0 Å². The molecule has 0 saturated carbocycles. The molecule has 0 amide bonds. The molecule has 0 spiro atoms. The zero-order valence-corrected chi connectivity index (χ0v) is 9.87. The van der Waals surface area contributed by atoms with Crippen LogP contribution in [0, 0.1) is 0 Å². The van der Waals surface area contributed by atoms with Gasteiger partial charge in [0.05, 0.1) is 0 Å². The maximum absolute atomic E-state index is 5.63. The van der Waals surface area contributed by atoms with Gasteiger partial charge in [-0.05, 0) is 17.2 Å². The molecule has 2 N–H and O–H groups in total. The highest BCUT2D eigenvalue weighted by Crippen LogP contribution is 2.12. The number of hydrogen-bond donors (Lipinski definition) is 1. The van der Waals surface area contributed by atoms with Gasteiger partial charge in [0.25, 0.3) is 0 Å². The summed E-state index contributed by atoms with van der Waals surface area (Å²) in [6.07, 6.45) is 3.30. The minimum absolute atomic E-state index is 0.574. The number of nitrogens with zero attached hydrogens (tertiary/aromatic N) is 3. The molecular formula is C13H16N4. The Balaban J connectivity index is 2.10. The van der Waals surface area contributed by atoms with E-state index in [-0.39, 0.29) is 0 Å². The van der Waals surface area contributed by atoms with Gasteiger partial charge in [0.15, 0.2) is 0 Å². The number of nitrogens with two attached hydrogens (primary N) is 1. The Morgan fingerprint density at radius 2 is 2.06 bits per heavy atom. The molecular weight excluding hydrogens is 212 g/mol. The Kier molecular flexibility index (Phi) is 3.67. The molecule has 4 heteroatoms. The summed E-state index contributed by atoms with van der Waals surface area (Å²) in [6.45, 7) is 1.38. The van der Waals surface area contributed by atoms with Crippen LogP contribution in [0.4, 0.5) is 5.82 Å². The van der Waals surface area contributed by atoms with E-state index in [1.165, 1.54) is 5.56 Å². The predicted octanol–water partition coefficient (Wildman–Crippen LogP) is 1.57. The monoisotopic (exact) mass is 228 g/mol. The first-order valence-electron chi connectivity index (χ1n) is 5.54. The fourth-order valence-corrected chi connectivity index (χ4v) is 1.72. The molecule has 4 nitrogen and oxygen atoms in total. The van der Waals surface area contributed by atoms with Crippen molar-refractivity contribution in [2.24, 2.45) is 5.73 Å². The first-order valence-corrected chi connectivity index (χ1v) is 5.54. The van der Waals surface area contributed by atoms with Crippen LogP contribution in [-0.4, -0.2) is 17.0 Å². The molecule has 1 aromatic carbocycles. The highest BCUT2D eigenvalue weighted by Gasteiger charge is 2.03. The molecule has 0 radical (unpaired) electrons. The number of anilines is 1. The summed E-state index contributed by atoms with van der Waals surface area (Å²) in [5.41, 5.74) is 8.01. The van der Waals surface area contributed by atoms with E-state index in [0.717, 1.165) is 17.9 Å². The lowest BCUT2D eigenvalue weighted by Gasteiger charge is -2.18. The SMILES string of the molecule is CN(Cc1cccc(CN)c1)c1ccncn1. The van der Waals surface area contributed by atoms with Crippen LogP contribution < -0.4 is 10.6 Å². The summed E-state index contributed by atoms with van der Waals surface area (Å²) < 4.78 is 0. The van der Waals surface area contributed by atoms with Gasteiger partial charge >= 0.3 is 0 Å². The molecule has 88 valence electrons. The lowest BCUT2D eigenvalue weighted by molar-refractivity contribution is 0.887. The fourth-order valence-electron chi connectivity index (χ4n) is 1.72. The van der Waals surface area contributed by atoms with Crippen molar-refractivity contribution in [2.45, 2.75) is 13.1 Å². The number of rotatable bonds is 4. The quantitative estimate of drug-likeness (QED) is 0.863. The lowest BCUT2D eigenvalue weighted by Crippen LogP contribution is -2.17. The molecule has 2 aromatic rings. The van der Waals surface area contributed by atoms with Crippen LogP contribution in [0.25, 0.3) is 0 Å². The Morgan fingerprint density at radius 3 is 2.76 bits per heavy atom. The smallest absolute Gasteiger partial charge is 0.131 e. The molecule has 1 heterocycles. The van der Waals surface area contributed by atoms with Gasteiger partial charge in [-0.3, -0.25) is 0 Å². The minimum Gasteiger partial charge on any atom is -0.355 e. The van der Waals surface area contributed by atoms with Crippen LogP contribution in [0.3, 0.4) is 0 Å². The topological polar surface area (TPSA) is 55.0 Å². The molecule has 0 unspecified atom stereocenters. The van der Waals surface area contributed by atoms with E-state index >= 15 is 0 Å². The third kappa shape index (κ3) is 3.01. The van der Waals surface area contributed by atoms with Gasteiger partial charge in [0, 0.05) is 26.3 Å². The molecule has 1 aromatic heterocycles. The van der Waals surface area contributed by atoms with Gasteiger partial charge in [-0.2, -0.15) is 0 Å². The summed E-state index contributed by atoms with van der Waals surface area (Å²) in [4.78, 5) is 10.2. The zero-order valence-electron chi connectivity index (χ0n) is 9.87.